The van der Waals surface area contributed by atoms with E-state index in [1.165, 1.54) is 0 Å². The lowest BCUT2D eigenvalue weighted by molar-refractivity contribution is -0.384. The van der Waals surface area contributed by atoms with Crippen molar-refractivity contribution in [3.8, 4) is 0 Å². The highest BCUT2D eigenvalue weighted by Gasteiger charge is 2.30. The Morgan fingerprint density at radius 1 is 1.27 bits per heavy atom. The van der Waals surface area contributed by atoms with Gasteiger partial charge in [0.05, 0.1) is 10.5 Å². The number of carbonyl (C=O) groups excluding carboxylic acids is 1. The second kappa shape index (κ2) is 6.10. The van der Waals surface area contributed by atoms with Crippen LogP contribution in [0.2, 0.25) is 0 Å². The van der Waals surface area contributed by atoms with Gasteiger partial charge in [0.1, 0.15) is 0 Å². The zero-order chi connectivity index (χ0) is 16.3. The minimum absolute atomic E-state index is 0.0423. The maximum Gasteiger partial charge on any atom is 0.335 e. The molecule has 1 aromatic carbocycles. The van der Waals surface area contributed by atoms with E-state index in [0.29, 0.717) is 26.1 Å². The van der Waals surface area contributed by atoms with Crippen molar-refractivity contribution in [1.82, 2.24) is 5.32 Å². The lowest BCUT2D eigenvalue weighted by Gasteiger charge is -2.34. The van der Waals surface area contributed by atoms with Gasteiger partial charge in [0.25, 0.3) is 11.6 Å². The van der Waals surface area contributed by atoms with Crippen LogP contribution in [0.1, 0.15) is 40.5 Å². The fourth-order valence-electron chi connectivity index (χ4n) is 2.26. The normalized spacial score (nSPS) is 16.8. The Balaban J connectivity index is 2.28. The van der Waals surface area contributed by atoms with Gasteiger partial charge < -0.3 is 15.2 Å². The van der Waals surface area contributed by atoms with Crippen molar-refractivity contribution in [2.75, 3.05) is 13.2 Å². The van der Waals surface area contributed by atoms with Gasteiger partial charge >= 0.3 is 5.97 Å². The highest BCUT2D eigenvalue weighted by atomic mass is 16.6. The number of hydrogen-bond acceptors (Lipinski definition) is 5. The first-order valence-corrected chi connectivity index (χ1v) is 6.74. The number of non-ortho nitro benzene ring substituents is 1. The third-order valence-electron chi connectivity index (χ3n) is 3.65. The monoisotopic (exact) mass is 308 g/mol. The number of hydrogen-bond donors (Lipinski definition) is 2. The van der Waals surface area contributed by atoms with E-state index in [-0.39, 0.29) is 11.1 Å². The number of ether oxygens (including phenoxy) is 1. The van der Waals surface area contributed by atoms with Crippen LogP contribution in [0.25, 0.3) is 0 Å². The summed E-state index contributed by atoms with van der Waals surface area (Å²) in [6, 6.07) is 3.13. The Hall–Kier alpha value is -2.48. The van der Waals surface area contributed by atoms with E-state index >= 15 is 0 Å². The fraction of sp³-hybridized carbons (Fsp3) is 0.429. The second-order valence-corrected chi connectivity index (χ2v) is 5.46. The van der Waals surface area contributed by atoms with Crippen LogP contribution in [-0.2, 0) is 4.74 Å². The van der Waals surface area contributed by atoms with E-state index in [1.54, 1.807) is 0 Å². The smallest absolute Gasteiger partial charge is 0.335 e. The molecule has 1 aliphatic rings. The molecule has 1 aliphatic heterocycles. The highest BCUT2D eigenvalue weighted by molar-refractivity contribution is 5.98. The number of benzene rings is 1. The minimum atomic E-state index is -1.32. The summed E-state index contributed by atoms with van der Waals surface area (Å²) in [6.45, 7) is 2.90. The maximum atomic E-state index is 12.3. The predicted octanol–water partition coefficient (Wildman–Crippen LogP) is 1.59. The molecular formula is C14H16N2O6. The largest absolute Gasteiger partial charge is 0.478 e. The van der Waals surface area contributed by atoms with E-state index in [9.17, 15) is 19.7 Å². The van der Waals surface area contributed by atoms with Crippen LogP contribution < -0.4 is 5.32 Å². The number of carbonyl (C=O) groups is 2. The summed E-state index contributed by atoms with van der Waals surface area (Å²) in [5, 5.41) is 22.7. The first kappa shape index (κ1) is 15.9. The van der Waals surface area contributed by atoms with E-state index in [0.717, 1.165) is 18.2 Å². The van der Waals surface area contributed by atoms with E-state index in [2.05, 4.69) is 5.32 Å². The lowest BCUT2D eigenvalue weighted by atomic mass is 9.92. The molecule has 0 unspecified atom stereocenters. The van der Waals surface area contributed by atoms with Crippen LogP contribution in [0.5, 0.6) is 0 Å². The third-order valence-corrected chi connectivity index (χ3v) is 3.65. The van der Waals surface area contributed by atoms with Crippen LogP contribution >= 0.6 is 0 Å². The van der Waals surface area contributed by atoms with Crippen molar-refractivity contribution in [2.24, 2.45) is 0 Å². The molecule has 8 heteroatoms. The van der Waals surface area contributed by atoms with Crippen molar-refractivity contribution >= 4 is 17.6 Å². The van der Waals surface area contributed by atoms with Gasteiger partial charge in [-0.2, -0.15) is 0 Å². The number of nitro groups is 1. The molecule has 22 heavy (non-hydrogen) atoms. The average Bonchev–Trinajstić information content (AvgIpc) is 2.46. The zero-order valence-electron chi connectivity index (χ0n) is 12.0. The van der Waals surface area contributed by atoms with Crippen LogP contribution in [0.4, 0.5) is 5.69 Å². The molecule has 2 rings (SSSR count). The number of carboxylic acids is 1. The summed E-state index contributed by atoms with van der Waals surface area (Å²) in [4.78, 5) is 33.5. The van der Waals surface area contributed by atoms with Gasteiger partial charge in [-0.1, -0.05) is 0 Å². The van der Waals surface area contributed by atoms with E-state index in [1.807, 2.05) is 6.92 Å². The minimum Gasteiger partial charge on any atom is -0.478 e. The summed E-state index contributed by atoms with van der Waals surface area (Å²) in [7, 11) is 0. The molecule has 0 radical (unpaired) electrons. The Morgan fingerprint density at radius 3 is 2.41 bits per heavy atom. The number of rotatable bonds is 4. The van der Waals surface area contributed by atoms with Gasteiger partial charge in [0, 0.05) is 36.4 Å². The molecule has 8 nitrogen and oxygen atoms in total. The molecule has 2 N–H and O–H groups in total. The lowest BCUT2D eigenvalue weighted by Crippen LogP contribution is -2.49. The molecule has 1 saturated heterocycles. The Bertz CT molecular complexity index is 590. The van der Waals surface area contributed by atoms with Gasteiger partial charge in [-0.15, -0.1) is 0 Å². The quantitative estimate of drug-likeness (QED) is 0.644. The first-order chi connectivity index (χ1) is 10.3. The van der Waals surface area contributed by atoms with Gasteiger partial charge in [0.2, 0.25) is 0 Å². The fourth-order valence-corrected chi connectivity index (χ4v) is 2.26. The molecule has 1 heterocycles. The highest BCUT2D eigenvalue weighted by Crippen LogP contribution is 2.22. The van der Waals surface area contributed by atoms with Crippen LogP contribution in [-0.4, -0.2) is 40.7 Å². The van der Waals surface area contributed by atoms with Crippen molar-refractivity contribution in [2.45, 2.75) is 25.3 Å². The third kappa shape index (κ3) is 3.59. The molecule has 0 spiro atoms. The predicted molar refractivity (Wildman–Crippen MR) is 76.0 cm³/mol. The summed E-state index contributed by atoms with van der Waals surface area (Å²) >= 11 is 0. The summed E-state index contributed by atoms with van der Waals surface area (Å²) in [5.74, 6) is -1.86. The Labute approximate surface area is 126 Å². The molecule has 1 fully saturated rings. The van der Waals surface area contributed by atoms with Gasteiger partial charge in [-0.3, -0.25) is 14.9 Å². The molecule has 0 aliphatic carbocycles. The van der Waals surface area contributed by atoms with Gasteiger partial charge in [-0.25, -0.2) is 4.79 Å². The zero-order valence-corrected chi connectivity index (χ0v) is 12.0. The second-order valence-electron chi connectivity index (χ2n) is 5.46. The molecule has 0 atom stereocenters. The molecule has 0 aromatic heterocycles. The number of aromatic carboxylic acids is 1. The van der Waals surface area contributed by atoms with E-state index in [4.69, 9.17) is 9.84 Å². The SMILES string of the molecule is CC1(NC(=O)c2cc(C(=O)O)cc([N+](=O)[O-])c2)CCOCC1. The van der Waals surface area contributed by atoms with Crippen LogP contribution in [0.3, 0.4) is 0 Å². The Morgan fingerprint density at radius 2 is 1.86 bits per heavy atom. The maximum absolute atomic E-state index is 12.3. The average molecular weight is 308 g/mol. The number of carboxylic acid groups (broad SMARTS) is 1. The summed E-state index contributed by atoms with van der Waals surface area (Å²) in [6.07, 6.45) is 1.25. The molecule has 0 bridgehead atoms. The summed E-state index contributed by atoms with van der Waals surface area (Å²) in [5.41, 5.74) is -1.23. The van der Waals surface area contributed by atoms with Crippen molar-refractivity contribution < 1.29 is 24.4 Å². The Kier molecular flexibility index (Phi) is 4.41. The van der Waals surface area contributed by atoms with Crippen molar-refractivity contribution in [3.05, 3.63) is 39.4 Å². The number of nitro benzene ring substituents is 1. The van der Waals surface area contributed by atoms with Crippen molar-refractivity contribution in [1.29, 1.82) is 0 Å². The molecule has 0 saturated carbocycles. The number of nitrogens with zero attached hydrogens (tertiary/aromatic N) is 1. The summed E-state index contributed by atoms with van der Waals surface area (Å²) < 4.78 is 5.24. The van der Waals surface area contributed by atoms with Gasteiger partial charge in [0.15, 0.2) is 0 Å². The topological polar surface area (TPSA) is 119 Å². The molecule has 1 amide bonds. The molecule has 118 valence electrons. The van der Waals surface area contributed by atoms with Crippen LogP contribution in [0.15, 0.2) is 18.2 Å². The standard InChI is InChI=1S/C14H16N2O6/c1-14(2-4-22-5-3-14)15-12(17)9-6-10(13(18)19)8-11(7-9)16(20)21/h6-8H,2-5H2,1H3,(H,15,17)(H,18,19). The van der Waals surface area contributed by atoms with E-state index < -0.39 is 28.0 Å². The first-order valence-electron chi connectivity index (χ1n) is 6.74. The number of nitrogens with one attached hydrogen (secondary N) is 1. The van der Waals surface area contributed by atoms with Gasteiger partial charge in [-0.05, 0) is 25.8 Å². The molecular weight excluding hydrogens is 292 g/mol. The van der Waals surface area contributed by atoms with Crippen molar-refractivity contribution in [3.63, 3.8) is 0 Å². The molecule has 1 aromatic rings. The number of amides is 1. The van der Waals surface area contributed by atoms with Crippen LogP contribution in [0, 0.1) is 10.1 Å².